The van der Waals surface area contributed by atoms with Crippen molar-refractivity contribution in [2.45, 2.75) is 52.1 Å². The maximum absolute atomic E-state index is 14.7. The van der Waals surface area contributed by atoms with Crippen LogP contribution in [-0.4, -0.2) is 34.7 Å². The molecule has 0 bridgehead atoms. The molecule has 1 aliphatic heterocycles. The van der Waals surface area contributed by atoms with Gasteiger partial charge in [0, 0.05) is 41.3 Å². The van der Waals surface area contributed by atoms with E-state index in [1.165, 1.54) is 6.07 Å². The van der Waals surface area contributed by atoms with Crippen LogP contribution in [0, 0.1) is 11.2 Å². The summed E-state index contributed by atoms with van der Waals surface area (Å²) in [4.78, 5) is 13.2. The number of carboxylic acid groups (broad SMARTS) is 1. The van der Waals surface area contributed by atoms with Gasteiger partial charge < -0.3 is 15.3 Å². The Labute approximate surface area is 176 Å². The Bertz CT molecular complexity index is 864. The van der Waals surface area contributed by atoms with Gasteiger partial charge in [-0.2, -0.15) is 0 Å². The second-order valence-corrected chi connectivity index (χ2v) is 9.23. The van der Waals surface area contributed by atoms with Gasteiger partial charge in [0.2, 0.25) is 0 Å². The summed E-state index contributed by atoms with van der Waals surface area (Å²) in [6.45, 7) is 6.65. The fourth-order valence-electron chi connectivity index (χ4n) is 4.05. The Morgan fingerprint density at radius 3 is 2.55 bits per heavy atom. The Balaban J connectivity index is 1.80. The van der Waals surface area contributed by atoms with Gasteiger partial charge in [-0.05, 0) is 48.1 Å². The molecule has 2 atom stereocenters. The molecule has 3 rings (SSSR count). The number of anilines is 1. The van der Waals surface area contributed by atoms with E-state index in [9.17, 15) is 14.3 Å². The molecule has 1 amide bonds. The lowest BCUT2D eigenvalue weighted by Crippen LogP contribution is -2.54. The maximum atomic E-state index is 14.7. The van der Waals surface area contributed by atoms with Gasteiger partial charge >= 0.3 is 6.09 Å². The number of benzene rings is 2. The van der Waals surface area contributed by atoms with E-state index in [1.807, 2.05) is 18.2 Å². The SMILES string of the molecule is CC(C)(C)C1CC(Nc2cccc(F)c2Cc2ccc(Cl)cc2)CCN1C(=O)O. The van der Waals surface area contributed by atoms with E-state index in [-0.39, 0.29) is 23.3 Å². The van der Waals surface area contributed by atoms with Crippen molar-refractivity contribution in [1.29, 1.82) is 0 Å². The third kappa shape index (κ3) is 5.21. The van der Waals surface area contributed by atoms with E-state index >= 15 is 0 Å². The standard InChI is InChI=1S/C23H28ClFN2O2/c1-23(2,3)21-14-17(11-12-27(21)22(28)29)26-20-6-4-5-19(25)18(20)13-15-7-9-16(24)10-8-15/h4-10,17,21,26H,11-14H2,1-3H3,(H,28,29). The molecule has 0 radical (unpaired) electrons. The molecule has 1 heterocycles. The molecule has 2 N–H and O–H groups in total. The highest BCUT2D eigenvalue weighted by molar-refractivity contribution is 6.30. The zero-order valence-corrected chi connectivity index (χ0v) is 17.8. The van der Waals surface area contributed by atoms with Crippen LogP contribution in [0.4, 0.5) is 14.9 Å². The summed E-state index contributed by atoms with van der Waals surface area (Å²) in [7, 11) is 0. The summed E-state index contributed by atoms with van der Waals surface area (Å²) < 4.78 is 14.7. The molecule has 2 aromatic carbocycles. The molecule has 1 aliphatic rings. The molecule has 156 valence electrons. The third-order valence-corrected chi connectivity index (χ3v) is 5.87. The highest BCUT2D eigenvalue weighted by Crippen LogP contribution is 2.34. The summed E-state index contributed by atoms with van der Waals surface area (Å²) in [5, 5.41) is 13.7. The largest absolute Gasteiger partial charge is 0.465 e. The minimum absolute atomic E-state index is 0.0839. The van der Waals surface area contributed by atoms with Crippen LogP contribution in [-0.2, 0) is 6.42 Å². The van der Waals surface area contributed by atoms with Gasteiger partial charge in [0.15, 0.2) is 0 Å². The predicted molar refractivity (Wildman–Crippen MR) is 115 cm³/mol. The van der Waals surface area contributed by atoms with Crippen molar-refractivity contribution >= 4 is 23.4 Å². The molecular formula is C23H28ClFN2O2. The van der Waals surface area contributed by atoms with Crippen LogP contribution in [0.25, 0.3) is 0 Å². The summed E-state index contributed by atoms with van der Waals surface area (Å²) in [5.41, 5.74) is 2.19. The van der Waals surface area contributed by atoms with Gasteiger partial charge in [-0.25, -0.2) is 9.18 Å². The number of hydrogen-bond donors (Lipinski definition) is 2. The molecule has 2 unspecified atom stereocenters. The van der Waals surface area contributed by atoms with Crippen LogP contribution < -0.4 is 5.32 Å². The summed E-state index contributed by atoms with van der Waals surface area (Å²) in [5.74, 6) is -0.250. The lowest BCUT2D eigenvalue weighted by Gasteiger charge is -2.45. The van der Waals surface area contributed by atoms with E-state index in [0.717, 1.165) is 11.3 Å². The molecule has 0 saturated carbocycles. The van der Waals surface area contributed by atoms with Gasteiger partial charge in [-0.15, -0.1) is 0 Å². The molecular weight excluding hydrogens is 391 g/mol. The number of halogens is 2. The first-order chi connectivity index (χ1) is 13.6. The van der Waals surface area contributed by atoms with Crippen molar-refractivity contribution in [3.8, 4) is 0 Å². The van der Waals surface area contributed by atoms with E-state index in [2.05, 4.69) is 26.1 Å². The molecule has 1 fully saturated rings. The van der Waals surface area contributed by atoms with Crippen molar-refractivity contribution in [3.63, 3.8) is 0 Å². The highest BCUT2D eigenvalue weighted by Gasteiger charge is 2.38. The number of hydrogen-bond acceptors (Lipinski definition) is 2. The number of carbonyl (C=O) groups is 1. The zero-order valence-electron chi connectivity index (χ0n) is 17.1. The lowest BCUT2D eigenvalue weighted by atomic mass is 9.79. The van der Waals surface area contributed by atoms with E-state index in [0.29, 0.717) is 36.4 Å². The molecule has 0 aromatic heterocycles. The van der Waals surface area contributed by atoms with Crippen LogP contribution in [0.1, 0.15) is 44.7 Å². The number of amides is 1. The van der Waals surface area contributed by atoms with Crippen LogP contribution in [0.2, 0.25) is 5.02 Å². The number of likely N-dealkylation sites (tertiary alicyclic amines) is 1. The van der Waals surface area contributed by atoms with Gasteiger partial charge in [0.1, 0.15) is 5.82 Å². The van der Waals surface area contributed by atoms with Crippen molar-refractivity contribution in [2.75, 3.05) is 11.9 Å². The fourth-order valence-corrected chi connectivity index (χ4v) is 4.17. The van der Waals surface area contributed by atoms with Gasteiger partial charge in [-0.1, -0.05) is 50.6 Å². The predicted octanol–water partition coefficient (Wildman–Crippen LogP) is 6.04. The molecule has 2 aromatic rings. The number of nitrogens with one attached hydrogen (secondary N) is 1. The summed E-state index contributed by atoms with van der Waals surface area (Å²) in [6, 6.07) is 12.5. The van der Waals surface area contributed by atoms with Crippen LogP contribution in [0.3, 0.4) is 0 Å². The van der Waals surface area contributed by atoms with E-state index in [4.69, 9.17) is 11.6 Å². The molecule has 0 spiro atoms. The minimum Gasteiger partial charge on any atom is -0.465 e. The molecule has 29 heavy (non-hydrogen) atoms. The Morgan fingerprint density at radius 2 is 1.93 bits per heavy atom. The number of nitrogens with zero attached hydrogens (tertiary/aromatic N) is 1. The van der Waals surface area contributed by atoms with E-state index < -0.39 is 6.09 Å². The van der Waals surface area contributed by atoms with Gasteiger partial charge in [0.05, 0.1) is 0 Å². The summed E-state index contributed by atoms with van der Waals surface area (Å²) >= 11 is 5.96. The van der Waals surface area contributed by atoms with Crippen LogP contribution in [0.5, 0.6) is 0 Å². The van der Waals surface area contributed by atoms with Crippen molar-refractivity contribution < 1.29 is 14.3 Å². The second-order valence-electron chi connectivity index (χ2n) is 8.79. The topological polar surface area (TPSA) is 52.6 Å². The Kier molecular flexibility index (Phi) is 6.37. The zero-order chi connectivity index (χ0) is 21.2. The van der Waals surface area contributed by atoms with Crippen LogP contribution in [0.15, 0.2) is 42.5 Å². The number of rotatable bonds is 4. The number of piperidine rings is 1. The molecule has 4 nitrogen and oxygen atoms in total. The normalized spacial score (nSPS) is 19.8. The maximum Gasteiger partial charge on any atom is 0.407 e. The second kappa shape index (κ2) is 8.62. The Morgan fingerprint density at radius 1 is 1.24 bits per heavy atom. The average molecular weight is 419 g/mol. The first kappa shape index (κ1) is 21.4. The first-order valence-corrected chi connectivity index (χ1v) is 10.3. The van der Waals surface area contributed by atoms with Crippen molar-refractivity contribution in [1.82, 2.24) is 4.90 Å². The van der Waals surface area contributed by atoms with Crippen molar-refractivity contribution in [3.05, 3.63) is 64.4 Å². The monoisotopic (exact) mass is 418 g/mol. The molecule has 0 aliphatic carbocycles. The average Bonchev–Trinajstić information content (AvgIpc) is 2.65. The third-order valence-electron chi connectivity index (χ3n) is 5.62. The van der Waals surface area contributed by atoms with Crippen LogP contribution >= 0.6 is 11.6 Å². The smallest absolute Gasteiger partial charge is 0.407 e. The fraction of sp³-hybridized carbons (Fsp3) is 0.435. The highest BCUT2D eigenvalue weighted by atomic mass is 35.5. The van der Waals surface area contributed by atoms with E-state index in [1.54, 1.807) is 23.1 Å². The van der Waals surface area contributed by atoms with Gasteiger partial charge in [0.25, 0.3) is 0 Å². The molecule has 6 heteroatoms. The Hall–Kier alpha value is -2.27. The minimum atomic E-state index is -0.877. The van der Waals surface area contributed by atoms with Crippen molar-refractivity contribution in [2.24, 2.45) is 5.41 Å². The summed E-state index contributed by atoms with van der Waals surface area (Å²) in [6.07, 6.45) is 0.961. The first-order valence-electron chi connectivity index (χ1n) is 9.93. The lowest BCUT2D eigenvalue weighted by molar-refractivity contribution is 0.0557. The van der Waals surface area contributed by atoms with Gasteiger partial charge in [-0.3, -0.25) is 0 Å². The quantitative estimate of drug-likeness (QED) is 0.636. The molecule has 1 saturated heterocycles.